The predicted molar refractivity (Wildman–Crippen MR) is 197 cm³/mol. The molecule has 6 N–H and O–H groups in total. The number of hydrogen-bond acceptors (Lipinski definition) is 5. The lowest BCUT2D eigenvalue weighted by atomic mass is 10.1. The zero-order chi connectivity index (χ0) is 32.3. The molecule has 13 heteroatoms. The second-order valence-corrected chi connectivity index (χ2v) is 12.5. The van der Waals surface area contributed by atoms with Gasteiger partial charge in [0, 0.05) is 43.1 Å². The van der Waals surface area contributed by atoms with Crippen LogP contribution >= 0.6 is 47.4 Å². The van der Waals surface area contributed by atoms with E-state index >= 15 is 0 Å². The lowest BCUT2D eigenvalue weighted by Crippen LogP contribution is -2.22. The number of halogens is 2. The van der Waals surface area contributed by atoms with Crippen LogP contribution in [-0.2, 0) is 0 Å². The molecule has 0 atom stereocenters. The molecule has 0 fully saturated rings. The lowest BCUT2D eigenvalue weighted by Gasteiger charge is -2.10. The van der Waals surface area contributed by atoms with E-state index in [-0.39, 0.29) is 6.03 Å². The van der Waals surface area contributed by atoms with Crippen LogP contribution in [0.5, 0.6) is 0 Å². The molecule has 2 heterocycles. The number of anilines is 3. The molecule has 0 radical (unpaired) electrons. The number of urea groups is 1. The van der Waals surface area contributed by atoms with E-state index in [4.69, 9.17) is 45.4 Å². The van der Waals surface area contributed by atoms with Crippen LogP contribution in [0.4, 0.5) is 21.9 Å². The molecule has 2 aromatic heterocycles. The van der Waals surface area contributed by atoms with E-state index in [0.717, 1.165) is 49.5 Å². The highest BCUT2D eigenvalue weighted by Gasteiger charge is 2.15. The van der Waals surface area contributed by atoms with Crippen molar-refractivity contribution < 1.29 is 4.79 Å². The van der Waals surface area contributed by atoms with E-state index in [1.165, 1.54) is 11.9 Å². The summed E-state index contributed by atoms with van der Waals surface area (Å²) in [6, 6.07) is 33.5. The first kappa shape index (κ1) is 30.6. The number of aromatic amines is 2. The van der Waals surface area contributed by atoms with Crippen molar-refractivity contribution in [3.63, 3.8) is 0 Å². The molecule has 0 saturated carbocycles. The van der Waals surface area contributed by atoms with Crippen molar-refractivity contribution in [2.75, 3.05) is 16.0 Å². The molecular weight excluding hydrogens is 671 g/mol. The molecule has 0 aliphatic rings. The van der Waals surface area contributed by atoms with Crippen LogP contribution in [-0.4, -0.2) is 31.1 Å². The Kier molecular flexibility index (Phi) is 8.68. The standard InChI is InChI=1S/C34H24Cl2N8OS2/c35-19-5-9-21(10-6-19)37-33(45)44-47-24-14-16-28-30(18-24)43-32(41-28)26-4-2-1-3-25(26)31-40-27-15-13-23(17-29(27)42-31)39-34(46)38-22-11-7-20(36)8-12-22/h1-18H,(H,40,42)(H,41,43)(H2,37,44,45)(H2,38,39,46). The van der Waals surface area contributed by atoms with Gasteiger partial charge in [-0.3, -0.25) is 4.72 Å². The zero-order valence-corrected chi connectivity index (χ0v) is 27.4. The number of H-pyrrole nitrogens is 2. The van der Waals surface area contributed by atoms with Crippen molar-refractivity contribution in [1.82, 2.24) is 24.7 Å². The molecule has 0 unspecified atom stereocenters. The Morgan fingerprint density at radius 2 is 1.15 bits per heavy atom. The van der Waals surface area contributed by atoms with Gasteiger partial charge in [-0.2, -0.15) is 0 Å². The summed E-state index contributed by atoms with van der Waals surface area (Å²) >= 11 is 18.6. The number of amides is 2. The zero-order valence-electron chi connectivity index (χ0n) is 24.3. The molecule has 0 saturated heterocycles. The Bertz CT molecular complexity index is 2250. The second-order valence-electron chi connectivity index (χ2n) is 10.4. The number of aromatic nitrogens is 4. The van der Waals surface area contributed by atoms with Gasteiger partial charge in [-0.15, -0.1) is 0 Å². The molecule has 0 aliphatic heterocycles. The minimum atomic E-state index is -0.347. The van der Waals surface area contributed by atoms with Gasteiger partial charge in [0.2, 0.25) is 0 Å². The number of carbonyl (C=O) groups is 1. The number of nitrogens with zero attached hydrogens (tertiary/aromatic N) is 2. The first-order chi connectivity index (χ1) is 22.9. The Morgan fingerprint density at radius 1 is 0.638 bits per heavy atom. The van der Waals surface area contributed by atoms with Crippen LogP contribution in [0.15, 0.2) is 114 Å². The predicted octanol–water partition coefficient (Wildman–Crippen LogP) is 9.72. The van der Waals surface area contributed by atoms with Crippen LogP contribution < -0.4 is 20.7 Å². The smallest absolute Gasteiger partial charge is 0.329 e. The van der Waals surface area contributed by atoms with Crippen molar-refractivity contribution in [3.8, 4) is 22.8 Å². The average Bonchev–Trinajstić information content (AvgIpc) is 3.70. The highest BCUT2D eigenvalue weighted by molar-refractivity contribution is 7.98. The summed E-state index contributed by atoms with van der Waals surface area (Å²) in [5, 5.41) is 10.9. The van der Waals surface area contributed by atoms with Crippen LogP contribution in [0.1, 0.15) is 0 Å². The Hall–Kier alpha value is -5.07. The Morgan fingerprint density at radius 3 is 1.77 bits per heavy atom. The normalized spacial score (nSPS) is 11.0. The third-order valence-corrected chi connectivity index (χ3v) is 8.58. The molecule has 0 spiro atoms. The summed E-state index contributed by atoms with van der Waals surface area (Å²) in [5.74, 6) is 1.41. The monoisotopic (exact) mass is 694 g/mol. The summed E-state index contributed by atoms with van der Waals surface area (Å²) in [7, 11) is 0. The number of fused-ring (bicyclic) bond motifs is 2. The van der Waals surface area contributed by atoms with Crippen LogP contribution in [0.2, 0.25) is 10.0 Å². The lowest BCUT2D eigenvalue weighted by molar-refractivity contribution is 0.257. The summed E-state index contributed by atoms with van der Waals surface area (Å²) in [5.41, 5.74) is 7.38. The van der Waals surface area contributed by atoms with Crippen molar-refractivity contribution in [3.05, 3.63) is 119 Å². The third-order valence-electron chi connectivity index (χ3n) is 7.10. The molecule has 47 heavy (non-hydrogen) atoms. The van der Waals surface area contributed by atoms with E-state index in [1.807, 2.05) is 72.8 Å². The largest absolute Gasteiger partial charge is 0.338 e. The summed E-state index contributed by atoms with van der Waals surface area (Å²) in [6.07, 6.45) is 0. The summed E-state index contributed by atoms with van der Waals surface area (Å²) in [6.45, 7) is 0. The molecule has 0 aliphatic carbocycles. The number of thiocarbonyl (C=S) groups is 1. The fraction of sp³-hybridized carbons (Fsp3) is 0. The van der Waals surface area contributed by atoms with Gasteiger partial charge in [0.25, 0.3) is 0 Å². The number of rotatable bonds is 7. The number of hydrogen-bond donors (Lipinski definition) is 6. The molecule has 9 nitrogen and oxygen atoms in total. The van der Waals surface area contributed by atoms with Gasteiger partial charge in [-0.1, -0.05) is 47.5 Å². The molecular formula is C34H24Cl2N8OS2. The first-order valence-corrected chi connectivity index (χ1v) is 16.3. The summed E-state index contributed by atoms with van der Waals surface area (Å²) in [4.78, 5) is 29.9. The molecule has 5 aromatic carbocycles. The maximum absolute atomic E-state index is 12.4. The van der Waals surface area contributed by atoms with Crippen LogP contribution in [0.3, 0.4) is 0 Å². The minimum Gasteiger partial charge on any atom is -0.338 e. The van der Waals surface area contributed by atoms with Crippen molar-refractivity contribution >= 4 is 97.6 Å². The third kappa shape index (κ3) is 7.18. The number of benzene rings is 5. The molecule has 2 amide bonds. The maximum Gasteiger partial charge on any atom is 0.329 e. The molecule has 0 bridgehead atoms. The Labute approximate surface area is 288 Å². The van der Waals surface area contributed by atoms with Gasteiger partial charge >= 0.3 is 6.03 Å². The van der Waals surface area contributed by atoms with Gasteiger partial charge in [-0.25, -0.2) is 14.8 Å². The second kappa shape index (κ2) is 13.3. The van der Waals surface area contributed by atoms with Gasteiger partial charge < -0.3 is 25.9 Å². The topological polar surface area (TPSA) is 123 Å². The molecule has 232 valence electrons. The van der Waals surface area contributed by atoms with Crippen molar-refractivity contribution in [2.45, 2.75) is 4.90 Å². The number of imidazole rings is 2. The quantitative estimate of drug-likeness (QED) is 0.0725. The Balaban J connectivity index is 1.07. The fourth-order valence-electron chi connectivity index (χ4n) is 4.91. The van der Waals surface area contributed by atoms with Gasteiger partial charge in [-0.05, 0) is 109 Å². The van der Waals surface area contributed by atoms with Crippen molar-refractivity contribution in [1.29, 1.82) is 0 Å². The van der Waals surface area contributed by atoms with Crippen LogP contribution in [0.25, 0.3) is 44.8 Å². The average molecular weight is 696 g/mol. The fourth-order valence-corrected chi connectivity index (χ4v) is 5.96. The molecule has 7 rings (SSSR count). The van der Waals surface area contributed by atoms with Gasteiger partial charge in [0.05, 0.1) is 22.1 Å². The highest BCUT2D eigenvalue weighted by atomic mass is 35.5. The van der Waals surface area contributed by atoms with E-state index in [0.29, 0.717) is 32.5 Å². The van der Waals surface area contributed by atoms with E-state index < -0.39 is 0 Å². The first-order valence-electron chi connectivity index (χ1n) is 14.3. The van der Waals surface area contributed by atoms with Gasteiger partial charge in [0.15, 0.2) is 5.11 Å². The number of nitrogens with one attached hydrogen (secondary N) is 6. The maximum atomic E-state index is 12.4. The van der Waals surface area contributed by atoms with Crippen LogP contribution in [0, 0.1) is 0 Å². The van der Waals surface area contributed by atoms with Gasteiger partial charge in [0.1, 0.15) is 11.6 Å². The van der Waals surface area contributed by atoms with E-state index in [1.54, 1.807) is 36.4 Å². The summed E-state index contributed by atoms with van der Waals surface area (Å²) < 4.78 is 2.80. The minimum absolute atomic E-state index is 0.347. The van der Waals surface area contributed by atoms with Crippen molar-refractivity contribution in [2.24, 2.45) is 0 Å². The highest BCUT2D eigenvalue weighted by Crippen LogP contribution is 2.32. The van der Waals surface area contributed by atoms with E-state index in [9.17, 15) is 4.79 Å². The SMILES string of the molecule is O=C(NSc1ccc2[nH]c(-c3ccccc3-c3nc4cc(NC(=S)Nc5ccc(Cl)cc5)ccc4[nH]3)nc2c1)Nc1ccc(Cl)cc1. The number of carbonyl (C=O) groups excluding carboxylic acids is 1. The van der Waals surface area contributed by atoms with E-state index in [2.05, 4.69) is 30.6 Å². The molecule has 7 aromatic rings.